The van der Waals surface area contributed by atoms with Gasteiger partial charge in [-0.1, -0.05) is 13.0 Å². The molecule has 4 heteroatoms. The maximum atomic E-state index is 10.9. The molecule has 2 unspecified atom stereocenters. The minimum absolute atomic E-state index is 0.252. The topological polar surface area (TPSA) is 26.3 Å². The molecule has 0 aromatic rings. The highest BCUT2D eigenvalue weighted by Gasteiger charge is 2.12. The highest BCUT2D eigenvalue weighted by atomic mass is 35.7. The summed E-state index contributed by atoms with van der Waals surface area (Å²) in [6.07, 6.45) is 2.72. The highest BCUT2D eigenvalue weighted by Crippen LogP contribution is 2.48. The smallest absolute Gasteiger partial charge is 0.287 e. The van der Waals surface area contributed by atoms with Crippen LogP contribution in [0.3, 0.4) is 0 Å². The molecule has 2 atom stereocenters. The monoisotopic (exact) mass is 196 g/mol. The van der Waals surface area contributed by atoms with E-state index in [-0.39, 0.29) is 5.92 Å². The Labute approximate surface area is 72.8 Å². The van der Waals surface area contributed by atoms with E-state index in [1.165, 1.54) is 6.66 Å². The summed E-state index contributed by atoms with van der Waals surface area (Å²) in [5.41, 5.74) is 0. The molecule has 0 saturated carbocycles. The third-order valence-corrected chi connectivity index (χ3v) is 2.28. The maximum absolute atomic E-state index is 10.9. The van der Waals surface area contributed by atoms with Crippen molar-refractivity contribution in [2.24, 2.45) is 5.92 Å². The Hall–Kier alpha value is 0.220. The molecule has 0 radical (unpaired) electrons. The third-order valence-electron chi connectivity index (χ3n) is 1.38. The fourth-order valence-corrected chi connectivity index (χ4v) is 1.21. The molecule has 0 saturated heterocycles. The van der Waals surface area contributed by atoms with Gasteiger partial charge < -0.3 is 4.52 Å². The first kappa shape index (κ1) is 11.2. The lowest BCUT2D eigenvalue weighted by Crippen LogP contribution is -2.02. The molecular formula is C7H14ClO2P. The van der Waals surface area contributed by atoms with Crippen LogP contribution in [0.1, 0.15) is 13.3 Å². The van der Waals surface area contributed by atoms with Crippen molar-refractivity contribution in [3.63, 3.8) is 0 Å². The van der Waals surface area contributed by atoms with Crippen molar-refractivity contribution in [3.05, 3.63) is 12.7 Å². The highest BCUT2D eigenvalue weighted by molar-refractivity contribution is 7.84. The van der Waals surface area contributed by atoms with Crippen LogP contribution >= 0.6 is 18.0 Å². The Kier molecular flexibility index (Phi) is 5.07. The summed E-state index contributed by atoms with van der Waals surface area (Å²) in [6, 6.07) is 0. The van der Waals surface area contributed by atoms with Crippen molar-refractivity contribution in [2.45, 2.75) is 13.3 Å². The van der Waals surface area contributed by atoms with Crippen LogP contribution in [0.4, 0.5) is 0 Å². The van der Waals surface area contributed by atoms with E-state index in [0.29, 0.717) is 6.61 Å². The molecule has 0 amide bonds. The second-order valence-corrected chi connectivity index (χ2v) is 6.04. The molecule has 0 N–H and O–H groups in total. The average molecular weight is 197 g/mol. The first-order valence-electron chi connectivity index (χ1n) is 3.54. The molecule has 0 aliphatic carbocycles. The fourth-order valence-electron chi connectivity index (χ4n) is 0.581. The van der Waals surface area contributed by atoms with Crippen molar-refractivity contribution in [1.29, 1.82) is 0 Å². The van der Waals surface area contributed by atoms with E-state index < -0.39 is 6.72 Å². The summed E-state index contributed by atoms with van der Waals surface area (Å²) in [5.74, 6) is 0.252. The van der Waals surface area contributed by atoms with Crippen LogP contribution < -0.4 is 0 Å². The second-order valence-electron chi connectivity index (χ2n) is 2.45. The molecule has 0 heterocycles. The fraction of sp³-hybridized carbons (Fsp3) is 0.714. The Morgan fingerprint density at radius 1 is 1.82 bits per heavy atom. The van der Waals surface area contributed by atoms with E-state index in [2.05, 4.69) is 6.58 Å². The van der Waals surface area contributed by atoms with E-state index >= 15 is 0 Å². The van der Waals surface area contributed by atoms with Gasteiger partial charge in [0.05, 0.1) is 6.61 Å². The number of hydrogen-bond donors (Lipinski definition) is 0. The Balaban J connectivity index is 3.68. The van der Waals surface area contributed by atoms with Gasteiger partial charge in [0.25, 0.3) is 6.72 Å². The predicted molar refractivity (Wildman–Crippen MR) is 49.3 cm³/mol. The normalized spacial score (nSPS) is 18.8. The first-order valence-corrected chi connectivity index (χ1v) is 6.51. The minimum Gasteiger partial charge on any atom is -0.317 e. The number of hydrogen-bond acceptors (Lipinski definition) is 2. The Morgan fingerprint density at radius 3 is 2.64 bits per heavy atom. The number of halogens is 1. The second kappa shape index (κ2) is 4.97. The molecule has 0 aromatic heterocycles. The van der Waals surface area contributed by atoms with Crippen molar-refractivity contribution in [2.75, 3.05) is 13.3 Å². The van der Waals surface area contributed by atoms with Crippen LogP contribution in [0.5, 0.6) is 0 Å². The van der Waals surface area contributed by atoms with Crippen molar-refractivity contribution >= 4 is 18.0 Å². The van der Waals surface area contributed by atoms with Crippen LogP contribution in [0, 0.1) is 5.92 Å². The molecule has 2 nitrogen and oxygen atoms in total. The lowest BCUT2D eigenvalue weighted by Gasteiger charge is -2.11. The first-order chi connectivity index (χ1) is 4.99. The van der Waals surface area contributed by atoms with Crippen molar-refractivity contribution < 1.29 is 9.09 Å². The summed E-state index contributed by atoms with van der Waals surface area (Å²) < 4.78 is 15.8. The molecule has 66 valence electrons. The summed E-state index contributed by atoms with van der Waals surface area (Å²) in [7, 11) is 0. The SMILES string of the molecule is C=CC(CC)COP(C)(=O)Cl. The van der Waals surface area contributed by atoms with Gasteiger partial charge in [0.1, 0.15) is 0 Å². The van der Waals surface area contributed by atoms with Gasteiger partial charge in [-0.05, 0) is 17.7 Å². The molecule has 0 aliphatic rings. The molecule has 11 heavy (non-hydrogen) atoms. The van der Waals surface area contributed by atoms with Gasteiger partial charge in [0.15, 0.2) is 0 Å². The van der Waals surface area contributed by atoms with Gasteiger partial charge in [-0.15, -0.1) is 6.58 Å². The zero-order valence-electron chi connectivity index (χ0n) is 6.92. The minimum atomic E-state index is -2.82. The zero-order chi connectivity index (χ0) is 8.91. The Morgan fingerprint density at radius 2 is 2.36 bits per heavy atom. The van der Waals surface area contributed by atoms with Gasteiger partial charge in [-0.2, -0.15) is 0 Å². The van der Waals surface area contributed by atoms with Crippen LogP contribution in [-0.4, -0.2) is 13.3 Å². The van der Waals surface area contributed by atoms with Crippen LogP contribution in [-0.2, 0) is 9.09 Å². The van der Waals surface area contributed by atoms with E-state index in [9.17, 15) is 4.57 Å². The molecule has 0 bridgehead atoms. The maximum Gasteiger partial charge on any atom is 0.287 e. The standard InChI is InChI=1S/C7H14ClO2P/c1-4-7(5-2)6-10-11(3,8)9/h4,7H,1,5-6H2,2-3H3. The lowest BCUT2D eigenvalue weighted by atomic mass is 10.1. The van der Waals surface area contributed by atoms with Crippen LogP contribution in [0.2, 0.25) is 0 Å². The summed E-state index contributed by atoms with van der Waals surface area (Å²) in [4.78, 5) is 0. The molecule has 0 aliphatic heterocycles. The van der Waals surface area contributed by atoms with Crippen LogP contribution in [0.25, 0.3) is 0 Å². The molecule has 0 aromatic carbocycles. The molecule has 0 rings (SSSR count). The zero-order valence-corrected chi connectivity index (χ0v) is 8.57. The number of rotatable bonds is 5. The van der Waals surface area contributed by atoms with Crippen molar-refractivity contribution in [3.8, 4) is 0 Å². The summed E-state index contributed by atoms with van der Waals surface area (Å²) in [5, 5.41) is 0. The largest absolute Gasteiger partial charge is 0.317 e. The average Bonchev–Trinajstić information content (AvgIpc) is 1.88. The van der Waals surface area contributed by atoms with Gasteiger partial charge in [0.2, 0.25) is 0 Å². The molecule has 0 spiro atoms. The quantitative estimate of drug-likeness (QED) is 0.498. The molecular weight excluding hydrogens is 183 g/mol. The van der Waals surface area contributed by atoms with E-state index in [1.807, 2.05) is 6.92 Å². The lowest BCUT2D eigenvalue weighted by molar-refractivity contribution is 0.283. The van der Waals surface area contributed by atoms with E-state index in [0.717, 1.165) is 6.42 Å². The van der Waals surface area contributed by atoms with Crippen LogP contribution in [0.15, 0.2) is 12.7 Å². The van der Waals surface area contributed by atoms with Gasteiger partial charge in [-0.25, -0.2) is 0 Å². The summed E-state index contributed by atoms with van der Waals surface area (Å²) >= 11 is 5.39. The van der Waals surface area contributed by atoms with E-state index in [4.69, 9.17) is 15.8 Å². The molecule has 0 fully saturated rings. The van der Waals surface area contributed by atoms with Gasteiger partial charge >= 0.3 is 0 Å². The van der Waals surface area contributed by atoms with Gasteiger partial charge in [0, 0.05) is 12.6 Å². The predicted octanol–water partition coefficient (Wildman–Crippen LogP) is 3.28. The van der Waals surface area contributed by atoms with Gasteiger partial charge in [-0.3, -0.25) is 4.57 Å². The Bertz CT molecular complexity index is 164. The van der Waals surface area contributed by atoms with Crippen molar-refractivity contribution in [1.82, 2.24) is 0 Å². The summed E-state index contributed by atoms with van der Waals surface area (Å²) in [6.45, 7) is 4.61. The third kappa shape index (κ3) is 6.61. The van der Waals surface area contributed by atoms with E-state index in [1.54, 1.807) is 6.08 Å².